The zero-order valence-corrected chi connectivity index (χ0v) is 48.9. The third-order valence-corrected chi connectivity index (χ3v) is 21.0. The first kappa shape index (κ1) is 48.7. The molecule has 0 saturated heterocycles. The van der Waals surface area contributed by atoms with Crippen LogP contribution in [0.2, 0.25) is 0 Å². The number of fused-ring (bicyclic) bond motifs is 20. The highest BCUT2D eigenvalue weighted by atomic mass is 32.2. The fourth-order valence-corrected chi connectivity index (χ4v) is 17.6. The molecule has 0 radical (unpaired) electrons. The molecule has 0 aromatic heterocycles. The van der Waals surface area contributed by atoms with Crippen LogP contribution < -0.4 is 85.2 Å². The normalized spacial score (nSPS) is 14.4. The molecule has 7 heterocycles. The number of para-hydroxylation sites is 6. The number of hydrogen-bond acceptors (Lipinski definition) is 5. The quantitative estimate of drug-likeness (QED) is 0.147. The van der Waals surface area contributed by atoms with E-state index >= 15 is 0 Å². The zero-order valence-electron chi connectivity index (χ0n) is 48.1. The molecule has 9 heteroatoms. The molecule has 396 valence electrons. The van der Waals surface area contributed by atoms with Gasteiger partial charge in [-0.05, 0) is 156 Å². The average molecular weight is 1090 g/mol. The highest BCUT2D eigenvalue weighted by Crippen LogP contribution is 2.53. The van der Waals surface area contributed by atoms with Gasteiger partial charge in [0.1, 0.15) is 0 Å². The van der Waals surface area contributed by atoms with Crippen LogP contribution in [0.25, 0.3) is 0 Å². The minimum Gasteiger partial charge on any atom is -0.312 e. The second kappa shape index (κ2) is 17.9. The van der Waals surface area contributed by atoms with E-state index in [1.165, 1.54) is 143 Å². The number of nitrogens with zero attached hydrogens (tertiary/aromatic N) is 4. The number of benzene rings is 11. The first-order valence-corrected chi connectivity index (χ1v) is 31.2. The lowest BCUT2D eigenvalue weighted by Gasteiger charge is -2.56. The molecular formula is C75H58B4N4S. The summed E-state index contributed by atoms with van der Waals surface area (Å²) in [6.45, 7) is 14.3. The molecule has 0 amide bonds. The third kappa shape index (κ3) is 6.46. The fourth-order valence-electron chi connectivity index (χ4n) is 16.4. The molecule has 0 saturated carbocycles. The predicted molar refractivity (Wildman–Crippen MR) is 363 cm³/mol. The Morgan fingerprint density at radius 3 is 1.17 bits per heavy atom. The van der Waals surface area contributed by atoms with Gasteiger partial charge in [0, 0.05) is 78.0 Å². The van der Waals surface area contributed by atoms with E-state index < -0.39 is 0 Å². The van der Waals surface area contributed by atoms with E-state index in [1.54, 1.807) is 0 Å². The summed E-state index contributed by atoms with van der Waals surface area (Å²) in [5.74, 6) is 1.09. The molecular weight excluding hydrogens is 1030 g/mol. The number of hydrogen-bond donors (Lipinski definition) is 0. The molecule has 0 N–H and O–H groups in total. The minimum atomic E-state index is -0.102. The average Bonchev–Trinajstić information content (AvgIpc) is 0.830. The summed E-state index contributed by atoms with van der Waals surface area (Å²) in [5.41, 5.74) is 36.0. The van der Waals surface area contributed by atoms with Gasteiger partial charge in [-0.25, -0.2) is 0 Å². The van der Waals surface area contributed by atoms with E-state index in [4.69, 9.17) is 0 Å². The minimum absolute atomic E-state index is 0.00318. The van der Waals surface area contributed by atoms with Crippen LogP contribution in [0.5, 0.6) is 0 Å². The Kier molecular flexibility index (Phi) is 10.4. The molecule has 84 heavy (non-hydrogen) atoms. The molecule has 11 aromatic carbocycles. The summed E-state index contributed by atoms with van der Waals surface area (Å²) in [7, 11) is 0. The van der Waals surface area contributed by atoms with E-state index in [-0.39, 0.29) is 26.9 Å². The van der Waals surface area contributed by atoms with Crippen LogP contribution >= 0.6 is 11.8 Å². The second-order valence-corrected chi connectivity index (χ2v) is 26.3. The van der Waals surface area contributed by atoms with Gasteiger partial charge in [-0.3, -0.25) is 0 Å². The summed E-state index contributed by atoms with van der Waals surface area (Å²) in [6.07, 6.45) is 0. The third-order valence-electron chi connectivity index (χ3n) is 19.8. The van der Waals surface area contributed by atoms with Gasteiger partial charge >= 0.3 is 0 Å². The lowest BCUT2D eigenvalue weighted by atomic mass is 9.24. The Labute approximate surface area is 499 Å². The molecule has 0 bridgehead atoms. The standard InChI is InChI=1S/C75H58B4N4S/c1-44(2)47-39-51(45(3)4)69(52(40-47)46(5)6)79-58-31-17-22-36-67(58)84-68-43-66-59(42-60(68)79)78-57-38-37-50(80(48-23-9-7-10-24-48)49-25-11-8-12-26-49)41-65(57)82-63-34-20-15-29-55(63)76-53-27-13-18-32-61(53)81-62-33-19-14-28-54(62)77-56-30-16-21-35-64(56)83(66)75-71(77)73(81)70(76)74(82)72(75)78/h7-46H,1-6H3. The van der Waals surface area contributed by atoms with Crippen molar-refractivity contribution in [2.24, 2.45) is 0 Å². The van der Waals surface area contributed by atoms with E-state index in [0.717, 1.165) is 17.1 Å². The van der Waals surface area contributed by atoms with Crippen molar-refractivity contribution in [3.05, 3.63) is 241 Å². The first-order valence-electron chi connectivity index (χ1n) is 30.4. The van der Waals surface area contributed by atoms with Crippen molar-refractivity contribution in [2.45, 2.75) is 69.1 Å². The zero-order chi connectivity index (χ0) is 56.0. The molecule has 0 spiro atoms. The van der Waals surface area contributed by atoms with E-state index in [0.29, 0.717) is 17.8 Å². The number of rotatable bonds is 7. The molecule has 0 fully saturated rings. The lowest BCUT2D eigenvalue weighted by molar-refractivity contribution is 0.812. The maximum Gasteiger partial charge on any atom is 0.252 e. The predicted octanol–water partition coefficient (Wildman–Crippen LogP) is 11.3. The van der Waals surface area contributed by atoms with Crippen LogP contribution in [-0.4, -0.2) is 26.9 Å². The van der Waals surface area contributed by atoms with Crippen molar-refractivity contribution >= 4 is 172 Å². The highest BCUT2D eigenvalue weighted by molar-refractivity contribution is 8.00. The molecule has 0 atom stereocenters. The van der Waals surface area contributed by atoms with Gasteiger partial charge in [-0.2, -0.15) is 0 Å². The Balaban J connectivity index is 1.00. The van der Waals surface area contributed by atoms with Gasteiger partial charge in [-0.15, -0.1) is 0 Å². The van der Waals surface area contributed by atoms with E-state index in [1.807, 2.05) is 11.8 Å². The van der Waals surface area contributed by atoms with Crippen LogP contribution in [0.1, 0.15) is 76.0 Å². The molecule has 18 rings (SSSR count). The van der Waals surface area contributed by atoms with Gasteiger partial charge in [0.2, 0.25) is 6.71 Å². The summed E-state index contributed by atoms with van der Waals surface area (Å²) < 4.78 is 0. The molecule has 0 aliphatic carbocycles. The van der Waals surface area contributed by atoms with Crippen molar-refractivity contribution in [3.8, 4) is 0 Å². The topological polar surface area (TPSA) is 13.0 Å². The van der Waals surface area contributed by atoms with E-state index in [2.05, 4.69) is 286 Å². The second-order valence-electron chi connectivity index (χ2n) is 25.2. The smallest absolute Gasteiger partial charge is 0.252 e. The monoisotopic (exact) mass is 1090 g/mol. The Hall–Kier alpha value is -8.77. The first-order chi connectivity index (χ1) is 41.2. The van der Waals surface area contributed by atoms with Gasteiger partial charge in [0.15, 0.2) is 0 Å². The van der Waals surface area contributed by atoms with Crippen molar-refractivity contribution in [1.82, 2.24) is 0 Å². The highest BCUT2D eigenvalue weighted by Gasteiger charge is 2.58. The lowest BCUT2D eigenvalue weighted by Crippen LogP contribution is -2.75. The summed E-state index contributed by atoms with van der Waals surface area (Å²) in [6, 6.07) is 86.7. The largest absolute Gasteiger partial charge is 0.312 e. The van der Waals surface area contributed by atoms with Crippen molar-refractivity contribution in [2.75, 3.05) is 19.6 Å². The summed E-state index contributed by atoms with van der Waals surface area (Å²) in [4.78, 5) is 13.3. The van der Waals surface area contributed by atoms with Gasteiger partial charge in [0.25, 0.3) is 20.1 Å². The van der Waals surface area contributed by atoms with Crippen LogP contribution in [0.3, 0.4) is 0 Å². The summed E-state index contributed by atoms with van der Waals surface area (Å²) in [5, 5.41) is 0. The maximum atomic E-state index is 2.76. The molecule has 7 aliphatic rings. The van der Waals surface area contributed by atoms with Crippen molar-refractivity contribution < 1.29 is 0 Å². The van der Waals surface area contributed by atoms with Crippen LogP contribution in [-0.2, 0) is 0 Å². The maximum absolute atomic E-state index is 2.76. The van der Waals surface area contributed by atoms with E-state index in [9.17, 15) is 0 Å². The Morgan fingerprint density at radius 2 is 0.690 bits per heavy atom. The Morgan fingerprint density at radius 1 is 0.298 bits per heavy atom. The van der Waals surface area contributed by atoms with Crippen LogP contribution in [0, 0.1) is 0 Å². The van der Waals surface area contributed by atoms with Crippen LogP contribution in [0.4, 0.5) is 68.2 Å². The van der Waals surface area contributed by atoms with Gasteiger partial charge < -0.3 is 19.6 Å². The Bertz CT molecular complexity index is 4580. The summed E-state index contributed by atoms with van der Waals surface area (Å²) >= 11 is 1.97. The molecule has 0 unspecified atom stereocenters. The van der Waals surface area contributed by atoms with Crippen LogP contribution in [0.15, 0.2) is 234 Å². The SMILES string of the molecule is CC(C)c1cc(C(C)C)c(B2c3ccccc3Sc3cc4c(cc32)B2c3ccc(N(c5ccccc5)c5ccccc5)cc3N3c5ccccc5B5c6ccccc6N6c7ccccc7B7c8ccccc8N4c4c7c6c5c3c42)c(C(C)C)c1. The molecule has 7 aliphatic heterocycles. The molecule has 11 aromatic rings. The fraction of sp³-hybridized carbons (Fsp3) is 0.120. The van der Waals surface area contributed by atoms with Gasteiger partial charge in [-0.1, -0.05) is 221 Å². The van der Waals surface area contributed by atoms with Crippen molar-refractivity contribution in [3.63, 3.8) is 0 Å². The van der Waals surface area contributed by atoms with Gasteiger partial charge in [0.05, 0.1) is 0 Å². The van der Waals surface area contributed by atoms with Crippen molar-refractivity contribution in [1.29, 1.82) is 0 Å². The molecule has 4 nitrogen and oxygen atoms in total. The number of anilines is 12.